The lowest BCUT2D eigenvalue weighted by Crippen LogP contribution is -2.47. The number of hydrogen-bond acceptors (Lipinski definition) is 5. The normalized spacial score (nSPS) is 15.8. The van der Waals surface area contributed by atoms with Gasteiger partial charge in [-0.2, -0.15) is 18.3 Å². The molecule has 1 saturated heterocycles. The number of aromatic amines is 1. The highest BCUT2D eigenvalue weighted by Crippen LogP contribution is 2.32. The third-order valence-corrected chi connectivity index (χ3v) is 4.34. The van der Waals surface area contributed by atoms with Gasteiger partial charge in [0.2, 0.25) is 0 Å². The largest absolute Gasteiger partial charge is 0.416 e. The van der Waals surface area contributed by atoms with Crippen molar-refractivity contribution < 1.29 is 13.2 Å². The van der Waals surface area contributed by atoms with Crippen molar-refractivity contribution in [1.82, 2.24) is 20.2 Å². The van der Waals surface area contributed by atoms with Crippen LogP contribution in [0.3, 0.4) is 0 Å². The molecule has 25 heavy (non-hydrogen) atoms. The minimum Gasteiger partial charge on any atom is -0.368 e. The summed E-state index contributed by atoms with van der Waals surface area (Å²) in [5, 5.41) is 7.63. The van der Waals surface area contributed by atoms with Crippen molar-refractivity contribution in [2.45, 2.75) is 6.18 Å². The summed E-state index contributed by atoms with van der Waals surface area (Å²) in [6, 6.07) is 5.46. The number of alkyl halides is 3. The highest BCUT2D eigenvalue weighted by Gasteiger charge is 2.31. The first kappa shape index (κ1) is 15.7. The van der Waals surface area contributed by atoms with Gasteiger partial charge in [-0.15, -0.1) is 0 Å². The molecule has 1 N–H and O–H groups in total. The lowest BCUT2D eigenvalue weighted by Gasteiger charge is -2.37. The van der Waals surface area contributed by atoms with Crippen LogP contribution in [-0.4, -0.2) is 46.3 Å². The minimum absolute atomic E-state index is 0.589. The Labute approximate surface area is 141 Å². The van der Waals surface area contributed by atoms with Gasteiger partial charge in [0.05, 0.1) is 17.1 Å². The van der Waals surface area contributed by atoms with Crippen LogP contribution in [0, 0.1) is 0 Å². The van der Waals surface area contributed by atoms with Crippen molar-refractivity contribution in [3.05, 3.63) is 42.4 Å². The second-order valence-electron chi connectivity index (χ2n) is 5.85. The van der Waals surface area contributed by atoms with E-state index in [9.17, 15) is 13.2 Å². The van der Waals surface area contributed by atoms with E-state index < -0.39 is 11.7 Å². The number of aromatic nitrogens is 4. The third kappa shape index (κ3) is 2.97. The van der Waals surface area contributed by atoms with Crippen LogP contribution in [0.4, 0.5) is 24.7 Å². The molecule has 1 fully saturated rings. The molecule has 0 amide bonds. The Bertz CT molecular complexity index is 883. The maximum Gasteiger partial charge on any atom is 0.416 e. The van der Waals surface area contributed by atoms with Crippen LogP contribution in [0.1, 0.15) is 5.56 Å². The number of nitrogens with one attached hydrogen (secondary N) is 1. The second-order valence-corrected chi connectivity index (χ2v) is 5.85. The van der Waals surface area contributed by atoms with E-state index in [4.69, 9.17) is 0 Å². The summed E-state index contributed by atoms with van der Waals surface area (Å²) in [5.74, 6) is 0.794. The van der Waals surface area contributed by atoms with E-state index in [1.165, 1.54) is 18.5 Å². The molecule has 3 aromatic rings. The van der Waals surface area contributed by atoms with Crippen molar-refractivity contribution in [3.8, 4) is 0 Å². The Balaban J connectivity index is 1.51. The number of H-pyrrole nitrogens is 1. The van der Waals surface area contributed by atoms with Crippen LogP contribution < -0.4 is 9.80 Å². The molecule has 130 valence electrons. The Hall–Kier alpha value is -2.84. The highest BCUT2D eigenvalue weighted by atomic mass is 19.4. The SMILES string of the molecule is FC(F)(F)c1cccc(N2CCN(c3ncnc4[nH]ncc34)CC2)c1. The summed E-state index contributed by atoms with van der Waals surface area (Å²) in [7, 11) is 0. The van der Waals surface area contributed by atoms with Gasteiger partial charge in [-0.25, -0.2) is 9.97 Å². The molecule has 0 bridgehead atoms. The molecular weight excluding hydrogens is 333 g/mol. The van der Waals surface area contributed by atoms with Gasteiger partial charge < -0.3 is 9.80 Å². The fraction of sp³-hybridized carbons (Fsp3) is 0.312. The summed E-state index contributed by atoms with van der Waals surface area (Å²) in [5.41, 5.74) is 0.638. The summed E-state index contributed by atoms with van der Waals surface area (Å²) >= 11 is 0. The van der Waals surface area contributed by atoms with E-state index in [1.54, 1.807) is 12.3 Å². The Morgan fingerprint density at radius 1 is 1.00 bits per heavy atom. The number of fused-ring (bicyclic) bond motifs is 1. The quantitative estimate of drug-likeness (QED) is 0.772. The number of halogens is 3. The number of rotatable bonds is 2. The zero-order valence-corrected chi connectivity index (χ0v) is 13.2. The smallest absolute Gasteiger partial charge is 0.368 e. The van der Waals surface area contributed by atoms with E-state index in [0.29, 0.717) is 37.5 Å². The van der Waals surface area contributed by atoms with Crippen molar-refractivity contribution in [2.75, 3.05) is 36.0 Å². The molecule has 1 aromatic carbocycles. The zero-order chi connectivity index (χ0) is 17.4. The first-order chi connectivity index (χ1) is 12.0. The van der Waals surface area contributed by atoms with Gasteiger partial charge in [-0.05, 0) is 18.2 Å². The molecule has 0 unspecified atom stereocenters. The molecule has 0 atom stereocenters. The van der Waals surface area contributed by atoms with E-state index in [0.717, 1.165) is 17.3 Å². The highest BCUT2D eigenvalue weighted by molar-refractivity contribution is 5.86. The molecule has 0 spiro atoms. The Kier molecular flexibility index (Phi) is 3.70. The molecule has 0 radical (unpaired) electrons. The van der Waals surface area contributed by atoms with Crippen LogP contribution in [0.25, 0.3) is 11.0 Å². The third-order valence-electron chi connectivity index (χ3n) is 4.34. The van der Waals surface area contributed by atoms with Gasteiger partial charge in [0.1, 0.15) is 12.1 Å². The fourth-order valence-corrected chi connectivity index (χ4v) is 3.06. The molecule has 2 aromatic heterocycles. The fourth-order valence-electron chi connectivity index (χ4n) is 3.06. The summed E-state index contributed by atoms with van der Waals surface area (Å²) in [6.45, 7) is 2.55. The molecule has 9 heteroatoms. The molecule has 4 rings (SSSR count). The summed E-state index contributed by atoms with van der Waals surface area (Å²) in [6.07, 6.45) is -1.16. The topological polar surface area (TPSA) is 60.9 Å². The van der Waals surface area contributed by atoms with Gasteiger partial charge in [0.25, 0.3) is 0 Å². The lowest BCUT2D eigenvalue weighted by molar-refractivity contribution is -0.137. The maximum absolute atomic E-state index is 12.9. The average Bonchev–Trinajstić information content (AvgIpc) is 3.10. The van der Waals surface area contributed by atoms with Crippen LogP contribution in [0.15, 0.2) is 36.8 Å². The van der Waals surface area contributed by atoms with Crippen LogP contribution in [0.5, 0.6) is 0 Å². The van der Waals surface area contributed by atoms with Crippen molar-refractivity contribution in [2.24, 2.45) is 0 Å². The van der Waals surface area contributed by atoms with Crippen molar-refractivity contribution in [1.29, 1.82) is 0 Å². The lowest BCUT2D eigenvalue weighted by atomic mass is 10.1. The number of benzene rings is 1. The molecular formula is C16H15F3N6. The van der Waals surface area contributed by atoms with Crippen molar-refractivity contribution >= 4 is 22.5 Å². The molecule has 1 aliphatic rings. The van der Waals surface area contributed by atoms with Crippen LogP contribution >= 0.6 is 0 Å². The Morgan fingerprint density at radius 2 is 1.76 bits per heavy atom. The molecule has 6 nitrogen and oxygen atoms in total. The number of piperazine rings is 1. The molecule has 3 heterocycles. The first-order valence-corrected chi connectivity index (χ1v) is 7.83. The van der Waals surface area contributed by atoms with E-state index >= 15 is 0 Å². The molecule has 0 aliphatic carbocycles. The van der Waals surface area contributed by atoms with Crippen LogP contribution in [-0.2, 0) is 6.18 Å². The zero-order valence-electron chi connectivity index (χ0n) is 13.2. The van der Waals surface area contributed by atoms with Gasteiger partial charge in [-0.1, -0.05) is 6.07 Å². The molecule has 1 aliphatic heterocycles. The maximum atomic E-state index is 12.9. The number of anilines is 2. The molecule has 0 saturated carbocycles. The predicted molar refractivity (Wildman–Crippen MR) is 87.6 cm³/mol. The summed E-state index contributed by atoms with van der Waals surface area (Å²) in [4.78, 5) is 12.5. The van der Waals surface area contributed by atoms with E-state index in [2.05, 4.69) is 25.1 Å². The number of nitrogens with zero attached hydrogens (tertiary/aromatic N) is 5. The Morgan fingerprint density at radius 3 is 2.52 bits per heavy atom. The van der Waals surface area contributed by atoms with E-state index in [-0.39, 0.29) is 0 Å². The summed E-state index contributed by atoms with van der Waals surface area (Å²) < 4.78 is 38.7. The van der Waals surface area contributed by atoms with Gasteiger partial charge in [0, 0.05) is 31.9 Å². The van der Waals surface area contributed by atoms with Gasteiger partial charge >= 0.3 is 6.18 Å². The van der Waals surface area contributed by atoms with Crippen LogP contribution in [0.2, 0.25) is 0 Å². The van der Waals surface area contributed by atoms with Gasteiger partial charge in [0.15, 0.2) is 5.65 Å². The standard InChI is InChI=1S/C16H15F3N6/c17-16(18,19)11-2-1-3-12(8-11)24-4-6-25(7-5-24)15-13-9-22-23-14(13)20-10-21-15/h1-3,8-10H,4-7H2,(H,20,21,22,23). The number of hydrogen-bond donors (Lipinski definition) is 1. The van der Waals surface area contributed by atoms with Crippen molar-refractivity contribution in [3.63, 3.8) is 0 Å². The minimum atomic E-state index is -4.33. The monoisotopic (exact) mass is 348 g/mol. The second kappa shape index (κ2) is 5.91. The van der Waals surface area contributed by atoms with Gasteiger partial charge in [-0.3, -0.25) is 5.10 Å². The predicted octanol–water partition coefficient (Wildman–Crippen LogP) is 2.70. The van der Waals surface area contributed by atoms with E-state index in [1.807, 2.05) is 4.90 Å². The first-order valence-electron chi connectivity index (χ1n) is 7.83. The average molecular weight is 348 g/mol.